The van der Waals surface area contributed by atoms with Crippen molar-refractivity contribution in [2.45, 2.75) is 26.0 Å². The zero-order valence-corrected chi connectivity index (χ0v) is 12.8. The maximum Gasteiger partial charge on any atom is 1.00 e. The molecule has 0 bridgehead atoms. The van der Waals surface area contributed by atoms with Gasteiger partial charge in [-0.25, -0.2) is 5.48 Å². The molecule has 0 aromatic carbocycles. The van der Waals surface area contributed by atoms with Gasteiger partial charge in [-0.15, -0.1) is 4.28 Å². The zero-order valence-electron chi connectivity index (χ0n) is 9.83. The summed E-state index contributed by atoms with van der Waals surface area (Å²) < 4.78 is 26.2. The number of hydrogen-bond donors (Lipinski definition) is 1. The monoisotopic (exact) mass is 247 g/mol. The summed E-state index contributed by atoms with van der Waals surface area (Å²) in [5.41, 5.74) is 1.96. The Morgan fingerprint density at radius 3 is 2.21 bits per heavy atom. The van der Waals surface area contributed by atoms with Crippen LogP contribution in [-0.4, -0.2) is 19.6 Å². The van der Waals surface area contributed by atoms with Crippen LogP contribution in [0.2, 0.25) is 0 Å². The zero-order chi connectivity index (χ0) is 10.6. The van der Waals surface area contributed by atoms with Crippen LogP contribution in [0.4, 0.5) is 0 Å². The molecule has 0 heterocycles. The first-order chi connectivity index (χ1) is 5.77. The standard InChI is InChI=1S/C7H13NO4S.K.H/c1-5(2)7(9)8-12-13(10,11)6(3)4;;/h6H,1H2,2-4H3,(H,8,9);;/q;+1;-1. The second-order valence-electron chi connectivity index (χ2n) is 2.84. The van der Waals surface area contributed by atoms with Gasteiger partial charge in [0.2, 0.25) is 0 Å². The molecule has 0 atom stereocenters. The summed E-state index contributed by atoms with van der Waals surface area (Å²) in [7, 11) is -3.70. The maximum absolute atomic E-state index is 11.0. The topological polar surface area (TPSA) is 72.5 Å². The molecule has 78 valence electrons. The van der Waals surface area contributed by atoms with Crippen molar-refractivity contribution < 1.29 is 70.3 Å². The second-order valence-corrected chi connectivity index (χ2v) is 4.93. The maximum atomic E-state index is 11.0. The van der Waals surface area contributed by atoms with Gasteiger partial charge >= 0.3 is 51.4 Å². The molecule has 14 heavy (non-hydrogen) atoms. The summed E-state index contributed by atoms with van der Waals surface area (Å²) in [5.74, 6) is -0.649. The van der Waals surface area contributed by atoms with E-state index in [0.29, 0.717) is 0 Å². The normalized spacial score (nSPS) is 10.6. The third kappa shape index (κ3) is 6.28. The van der Waals surface area contributed by atoms with Gasteiger partial charge in [0.25, 0.3) is 16.0 Å². The van der Waals surface area contributed by atoms with Gasteiger partial charge in [0.1, 0.15) is 0 Å². The predicted octanol–water partition coefficient (Wildman–Crippen LogP) is -2.53. The molecule has 1 amide bonds. The van der Waals surface area contributed by atoms with E-state index in [2.05, 4.69) is 10.9 Å². The van der Waals surface area contributed by atoms with E-state index in [4.69, 9.17) is 0 Å². The van der Waals surface area contributed by atoms with Crippen LogP contribution in [0.5, 0.6) is 0 Å². The molecule has 0 aromatic rings. The van der Waals surface area contributed by atoms with Crippen LogP contribution >= 0.6 is 0 Å². The fourth-order valence-corrected chi connectivity index (χ4v) is 0.664. The van der Waals surface area contributed by atoms with Crippen molar-refractivity contribution >= 4 is 16.0 Å². The van der Waals surface area contributed by atoms with E-state index in [1.54, 1.807) is 5.48 Å². The molecule has 0 aliphatic heterocycles. The second kappa shape index (κ2) is 7.10. The molecule has 0 saturated carbocycles. The summed E-state index contributed by atoms with van der Waals surface area (Å²) >= 11 is 0. The van der Waals surface area contributed by atoms with Gasteiger partial charge in [-0.1, -0.05) is 6.58 Å². The molecule has 5 nitrogen and oxygen atoms in total. The molecule has 0 aromatic heterocycles. The Kier molecular flexibility index (Phi) is 8.70. The first-order valence-electron chi connectivity index (χ1n) is 3.65. The number of rotatable bonds is 4. The molecule has 0 aliphatic carbocycles. The number of carbonyl (C=O) groups is 1. The number of nitrogens with one attached hydrogen (secondary N) is 1. The van der Waals surface area contributed by atoms with Gasteiger partial charge < -0.3 is 1.43 Å². The number of hydrogen-bond acceptors (Lipinski definition) is 4. The molecular weight excluding hydrogens is 233 g/mol. The van der Waals surface area contributed by atoms with Crippen LogP contribution in [0.25, 0.3) is 0 Å². The van der Waals surface area contributed by atoms with E-state index in [0.717, 1.165) is 0 Å². The summed E-state index contributed by atoms with van der Waals surface area (Å²) in [4.78, 5) is 10.8. The van der Waals surface area contributed by atoms with Crippen LogP contribution in [0.3, 0.4) is 0 Å². The van der Waals surface area contributed by atoms with Gasteiger partial charge in [-0.2, -0.15) is 8.42 Å². The summed E-state index contributed by atoms with van der Waals surface area (Å²) in [5, 5.41) is -0.696. The molecule has 0 rings (SSSR count). The quantitative estimate of drug-likeness (QED) is 0.338. The first kappa shape index (κ1) is 17.2. The van der Waals surface area contributed by atoms with E-state index in [9.17, 15) is 13.2 Å². The van der Waals surface area contributed by atoms with E-state index in [1.807, 2.05) is 0 Å². The Bertz CT molecular complexity index is 315. The van der Waals surface area contributed by atoms with E-state index in [-0.39, 0.29) is 58.4 Å². The molecule has 7 heteroatoms. The predicted molar refractivity (Wildman–Crippen MR) is 49.2 cm³/mol. The van der Waals surface area contributed by atoms with Gasteiger partial charge in [-0.3, -0.25) is 4.79 Å². The van der Waals surface area contributed by atoms with Gasteiger partial charge in [0.15, 0.2) is 0 Å². The molecule has 0 spiro atoms. The Hall–Kier alpha value is 0.756. The number of hydroxylamine groups is 1. The van der Waals surface area contributed by atoms with Crippen LogP contribution in [0.1, 0.15) is 22.2 Å². The minimum Gasteiger partial charge on any atom is -1.00 e. The van der Waals surface area contributed by atoms with Crippen LogP contribution in [0.15, 0.2) is 12.2 Å². The summed E-state index contributed by atoms with van der Waals surface area (Å²) in [6, 6.07) is 0. The summed E-state index contributed by atoms with van der Waals surface area (Å²) in [6.45, 7) is 7.65. The van der Waals surface area contributed by atoms with Crippen molar-refractivity contribution in [2.75, 3.05) is 0 Å². The number of carbonyl (C=O) groups excluding carboxylic acids is 1. The van der Waals surface area contributed by atoms with Crippen molar-refractivity contribution in [3.63, 3.8) is 0 Å². The first-order valence-corrected chi connectivity index (χ1v) is 5.12. The fraction of sp³-hybridized carbons (Fsp3) is 0.571. The van der Waals surface area contributed by atoms with Crippen molar-refractivity contribution in [1.29, 1.82) is 0 Å². The van der Waals surface area contributed by atoms with Gasteiger partial charge in [0, 0.05) is 5.57 Å². The average molecular weight is 247 g/mol. The Balaban J connectivity index is -0.000000720. The molecule has 0 unspecified atom stereocenters. The van der Waals surface area contributed by atoms with Crippen molar-refractivity contribution in [1.82, 2.24) is 5.48 Å². The van der Waals surface area contributed by atoms with E-state index < -0.39 is 21.3 Å². The number of amides is 1. The Morgan fingerprint density at radius 1 is 1.50 bits per heavy atom. The van der Waals surface area contributed by atoms with Crippen LogP contribution in [-0.2, 0) is 19.2 Å². The third-order valence-corrected chi connectivity index (χ3v) is 2.69. The molecule has 0 saturated heterocycles. The van der Waals surface area contributed by atoms with Crippen molar-refractivity contribution in [3.8, 4) is 0 Å². The van der Waals surface area contributed by atoms with E-state index >= 15 is 0 Å². The van der Waals surface area contributed by atoms with Gasteiger partial charge in [-0.05, 0) is 20.8 Å². The Morgan fingerprint density at radius 2 is 1.93 bits per heavy atom. The van der Waals surface area contributed by atoms with Crippen LogP contribution in [0, 0.1) is 0 Å². The van der Waals surface area contributed by atoms with Crippen molar-refractivity contribution in [3.05, 3.63) is 12.2 Å². The van der Waals surface area contributed by atoms with Crippen LogP contribution < -0.4 is 56.9 Å². The SMILES string of the molecule is C=C(C)C(=O)NOS(=O)(=O)C(C)C.[H-].[K+]. The molecule has 1 N–H and O–H groups in total. The smallest absolute Gasteiger partial charge is 1.00 e. The molecule has 0 aliphatic rings. The third-order valence-electron chi connectivity index (χ3n) is 1.22. The van der Waals surface area contributed by atoms with Crippen molar-refractivity contribution in [2.24, 2.45) is 0 Å². The summed E-state index contributed by atoms with van der Waals surface area (Å²) in [6.07, 6.45) is 0. The average Bonchev–Trinajstić information content (AvgIpc) is 1.99. The molecule has 0 radical (unpaired) electrons. The minimum absolute atomic E-state index is 0. The van der Waals surface area contributed by atoms with E-state index in [1.165, 1.54) is 20.8 Å². The largest absolute Gasteiger partial charge is 1.00 e. The molecular formula is C7H14KNO4S. The molecule has 0 fully saturated rings. The van der Waals surface area contributed by atoms with Gasteiger partial charge in [0.05, 0.1) is 5.25 Å². The fourth-order valence-electron chi connectivity index (χ4n) is 0.279. The Labute approximate surface area is 128 Å². The minimum atomic E-state index is -3.70.